The van der Waals surface area contributed by atoms with Gasteiger partial charge in [-0.2, -0.15) is 5.10 Å². The number of nitrogens with zero attached hydrogens (tertiary/aromatic N) is 4. The molecule has 3 heterocycles. The molecular formula is C29H18ClF2N5O2. The van der Waals surface area contributed by atoms with Crippen molar-refractivity contribution in [1.82, 2.24) is 19.9 Å². The molecule has 39 heavy (non-hydrogen) atoms. The maximum absolute atomic E-state index is 14.9. The lowest BCUT2D eigenvalue weighted by Gasteiger charge is -2.14. The van der Waals surface area contributed by atoms with Crippen molar-refractivity contribution in [3.8, 4) is 11.3 Å². The minimum Gasteiger partial charge on any atom is -0.323 e. The maximum atomic E-state index is 14.9. The highest BCUT2D eigenvalue weighted by Gasteiger charge is 2.31. The average Bonchev–Trinajstić information content (AvgIpc) is 3.24. The van der Waals surface area contributed by atoms with Crippen LogP contribution in [0.3, 0.4) is 0 Å². The SMILES string of the molecule is O=C(N[C@H]1N=C(c2ccccc2)c2cccc(F)c2CC1=O)c1c(-c2ccccc2F)nc2ccc(Cl)nn12. The third-order valence-electron chi connectivity index (χ3n) is 6.39. The highest BCUT2D eigenvalue weighted by Crippen LogP contribution is 2.28. The smallest absolute Gasteiger partial charge is 0.274 e. The van der Waals surface area contributed by atoms with E-state index in [9.17, 15) is 18.4 Å². The first-order valence-electron chi connectivity index (χ1n) is 12.0. The molecule has 7 nitrogen and oxygen atoms in total. The molecule has 0 saturated carbocycles. The van der Waals surface area contributed by atoms with E-state index in [-0.39, 0.29) is 39.7 Å². The van der Waals surface area contributed by atoms with Crippen LogP contribution in [0.5, 0.6) is 0 Å². The molecule has 1 amide bonds. The first-order chi connectivity index (χ1) is 18.9. The van der Waals surface area contributed by atoms with Gasteiger partial charge in [0.05, 0.1) is 5.71 Å². The Kier molecular flexibility index (Phi) is 6.20. The van der Waals surface area contributed by atoms with Crippen LogP contribution in [0.15, 0.2) is 89.9 Å². The number of aliphatic imine (C=N–C) groups is 1. The number of Topliss-reactive ketones (excluding diaryl/α,β-unsaturated/α-hetero) is 1. The van der Waals surface area contributed by atoms with E-state index in [1.54, 1.807) is 48.5 Å². The number of aromatic nitrogens is 3. The molecule has 1 aliphatic heterocycles. The van der Waals surface area contributed by atoms with Crippen LogP contribution < -0.4 is 5.32 Å². The van der Waals surface area contributed by atoms with Crippen molar-refractivity contribution in [1.29, 1.82) is 0 Å². The van der Waals surface area contributed by atoms with Crippen molar-refractivity contribution in [2.24, 2.45) is 4.99 Å². The Balaban J connectivity index is 1.47. The second-order valence-corrected chi connectivity index (χ2v) is 9.23. The monoisotopic (exact) mass is 541 g/mol. The molecule has 3 aromatic carbocycles. The highest BCUT2D eigenvalue weighted by molar-refractivity contribution is 6.29. The van der Waals surface area contributed by atoms with E-state index >= 15 is 0 Å². The zero-order valence-electron chi connectivity index (χ0n) is 20.1. The molecule has 5 aromatic rings. The first-order valence-corrected chi connectivity index (χ1v) is 12.3. The average molecular weight is 542 g/mol. The summed E-state index contributed by atoms with van der Waals surface area (Å²) < 4.78 is 30.8. The minimum absolute atomic E-state index is 0.0167. The largest absolute Gasteiger partial charge is 0.323 e. The van der Waals surface area contributed by atoms with Gasteiger partial charge in [-0.15, -0.1) is 0 Å². The number of amides is 1. The maximum Gasteiger partial charge on any atom is 0.274 e. The van der Waals surface area contributed by atoms with Crippen molar-refractivity contribution in [2.75, 3.05) is 0 Å². The van der Waals surface area contributed by atoms with Gasteiger partial charge in [-0.1, -0.05) is 66.2 Å². The summed E-state index contributed by atoms with van der Waals surface area (Å²) in [6.45, 7) is 0. The van der Waals surface area contributed by atoms with Crippen molar-refractivity contribution in [2.45, 2.75) is 12.6 Å². The van der Waals surface area contributed by atoms with Crippen LogP contribution in [-0.4, -0.2) is 38.2 Å². The Bertz CT molecular complexity index is 1800. The van der Waals surface area contributed by atoms with Crippen molar-refractivity contribution in [3.05, 3.63) is 124 Å². The lowest BCUT2D eigenvalue weighted by atomic mass is 9.95. The van der Waals surface area contributed by atoms with Gasteiger partial charge in [0.15, 0.2) is 23.3 Å². The van der Waals surface area contributed by atoms with Crippen LogP contribution in [0.1, 0.15) is 27.2 Å². The second-order valence-electron chi connectivity index (χ2n) is 8.84. The van der Waals surface area contributed by atoms with Gasteiger partial charge < -0.3 is 5.32 Å². The zero-order chi connectivity index (χ0) is 27.1. The number of hydrogen-bond acceptors (Lipinski definition) is 5. The Hall–Kier alpha value is -4.76. The first kappa shape index (κ1) is 24.6. The Labute approximate surface area is 225 Å². The van der Waals surface area contributed by atoms with Gasteiger partial charge in [0.25, 0.3) is 5.91 Å². The van der Waals surface area contributed by atoms with Crippen LogP contribution in [-0.2, 0) is 11.2 Å². The molecule has 0 saturated heterocycles. The molecule has 0 aliphatic carbocycles. The number of nitrogens with one attached hydrogen (secondary N) is 1. The predicted octanol–water partition coefficient (Wildman–Crippen LogP) is 5.05. The van der Waals surface area contributed by atoms with Gasteiger partial charge in [0.2, 0.25) is 0 Å². The van der Waals surface area contributed by atoms with Crippen LogP contribution in [0.4, 0.5) is 8.78 Å². The number of benzene rings is 3. The van der Waals surface area contributed by atoms with E-state index in [0.717, 1.165) is 0 Å². The summed E-state index contributed by atoms with van der Waals surface area (Å²) in [6, 6.07) is 22.4. The minimum atomic E-state index is -1.36. The van der Waals surface area contributed by atoms with E-state index in [1.807, 2.05) is 6.07 Å². The number of halogens is 3. The summed E-state index contributed by atoms with van der Waals surface area (Å²) in [4.78, 5) is 36.1. The van der Waals surface area contributed by atoms with Gasteiger partial charge in [-0.3, -0.25) is 14.6 Å². The Morgan fingerprint density at radius 2 is 1.62 bits per heavy atom. The molecule has 10 heteroatoms. The Morgan fingerprint density at radius 3 is 2.41 bits per heavy atom. The summed E-state index contributed by atoms with van der Waals surface area (Å²) >= 11 is 6.09. The molecule has 0 radical (unpaired) electrons. The lowest BCUT2D eigenvalue weighted by Crippen LogP contribution is -2.41. The highest BCUT2D eigenvalue weighted by atomic mass is 35.5. The molecular weight excluding hydrogens is 524 g/mol. The van der Waals surface area contributed by atoms with Crippen LogP contribution in [0, 0.1) is 11.6 Å². The molecule has 1 aliphatic rings. The van der Waals surface area contributed by atoms with E-state index < -0.39 is 29.5 Å². The van der Waals surface area contributed by atoms with Gasteiger partial charge in [-0.25, -0.2) is 18.3 Å². The molecule has 1 atom stereocenters. The fourth-order valence-corrected chi connectivity index (χ4v) is 4.73. The normalized spacial score (nSPS) is 15.0. The zero-order valence-corrected chi connectivity index (χ0v) is 20.9. The van der Waals surface area contributed by atoms with Gasteiger partial charge in [0.1, 0.15) is 22.5 Å². The Morgan fingerprint density at radius 1 is 0.897 bits per heavy atom. The van der Waals surface area contributed by atoms with E-state index in [1.165, 1.54) is 34.8 Å². The quantitative estimate of drug-likeness (QED) is 0.345. The number of hydrogen-bond donors (Lipinski definition) is 1. The molecule has 0 spiro atoms. The fourth-order valence-electron chi connectivity index (χ4n) is 4.59. The van der Waals surface area contributed by atoms with Crippen molar-refractivity contribution >= 4 is 34.7 Å². The van der Waals surface area contributed by atoms with Crippen LogP contribution in [0.25, 0.3) is 16.9 Å². The van der Waals surface area contributed by atoms with Gasteiger partial charge in [-0.05, 0) is 30.3 Å². The number of fused-ring (bicyclic) bond motifs is 2. The topological polar surface area (TPSA) is 88.7 Å². The summed E-state index contributed by atoms with van der Waals surface area (Å²) in [5.41, 5.74) is 1.86. The molecule has 0 bridgehead atoms. The fraction of sp³-hybridized carbons (Fsp3) is 0.0690. The number of rotatable bonds is 4. The van der Waals surface area contributed by atoms with E-state index in [4.69, 9.17) is 11.6 Å². The number of ketones is 1. The predicted molar refractivity (Wildman–Crippen MR) is 142 cm³/mol. The summed E-state index contributed by atoms with van der Waals surface area (Å²) in [5, 5.41) is 6.90. The van der Waals surface area contributed by atoms with Gasteiger partial charge in [0, 0.05) is 28.7 Å². The third-order valence-corrected chi connectivity index (χ3v) is 6.59. The molecule has 6 rings (SSSR count). The molecule has 0 unspecified atom stereocenters. The van der Waals surface area contributed by atoms with E-state index in [2.05, 4.69) is 20.4 Å². The number of imidazole rings is 1. The van der Waals surface area contributed by atoms with E-state index in [0.29, 0.717) is 16.8 Å². The molecule has 192 valence electrons. The van der Waals surface area contributed by atoms with Crippen molar-refractivity contribution in [3.63, 3.8) is 0 Å². The standard InChI is InChI=1S/C29H18ClF2N5O2/c30-23-13-14-24-33-26(18-9-4-5-11-20(18)31)27(37(24)36-23)29(39)35-28-22(38)15-19-17(10-6-12-21(19)32)25(34-28)16-7-2-1-3-8-16/h1-14,28H,15H2,(H,35,39)/t28-/m1/s1. The number of carbonyl (C=O) groups is 2. The summed E-state index contributed by atoms with van der Waals surface area (Å²) in [6.07, 6.45) is -1.65. The lowest BCUT2D eigenvalue weighted by molar-refractivity contribution is -0.120. The molecule has 0 fully saturated rings. The summed E-state index contributed by atoms with van der Waals surface area (Å²) in [7, 11) is 0. The number of carbonyl (C=O) groups excluding carboxylic acids is 2. The van der Waals surface area contributed by atoms with Gasteiger partial charge >= 0.3 is 0 Å². The second kappa shape index (κ2) is 9.85. The molecule has 1 N–H and O–H groups in total. The van der Waals surface area contributed by atoms with Crippen LogP contribution >= 0.6 is 11.6 Å². The van der Waals surface area contributed by atoms with Crippen LogP contribution in [0.2, 0.25) is 5.15 Å². The van der Waals surface area contributed by atoms with Crippen molar-refractivity contribution < 1.29 is 18.4 Å². The third kappa shape index (κ3) is 4.46. The summed E-state index contributed by atoms with van der Waals surface area (Å²) in [5.74, 6) is -2.44. The molecule has 2 aromatic heterocycles.